The first-order valence-electron chi connectivity index (χ1n) is 6.70. The van der Waals surface area contributed by atoms with Crippen molar-refractivity contribution in [3.63, 3.8) is 0 Å². The fourth-order valence-corrected chi connectivity index (χ4v) is 2.88. The molecule has 2 rings (SSSR count). The zero-order valence-corrected chi connectivity index (χ0v) is 10.9. The molecule has 0 saturated carbocycles. The van der Waals surface area contributed by atoms with Gasteiger partial charge in [0.15, 0.2) is 0 Å². The maximum Gasteiger partial charge on any atom is 0.0919 e. The van der Waals surface area contributed by atoms with Crippen molar-refractivity contribution in [3.8, 4) is 0 Å². The molecule has 17 heavy (non-hydrogen) atoms. The third kappa shape index (κ3) is 2.88. The summed E-state index contributed by atoms with van der Waals surface area (Å²) < 4.78 is 0. The van der Waals surface area contributed by atoms with Gasteiger partial charge in [-0.3, -0.25) is 4.90 Å². The molecule has 2 unspecified atom stereocenters. The number of aliphatic hydroxyl groups is 1. The largest absolute Gasteiger partial charge is 0.387 e. The first-order chi connectivity index (χ1) is 8.22. The smallest absolute Gasteiger partial charge is 0.0919 e. The van der Waals surface area contributed by atoms with Gasteiger partial charge in [0.2, 0.25) is 0 Å². The number of hydrogen-bond donors (Lipinski definition) is 1. The molecule has 1 aromatic carbocycles. The van der Waals surface area contributed by atoms with Crippen molar-refractivity contribution in [2.24, 2.45) is 0 Å². The second-order valence-electron chi connectivity index (χ2n) is 5.07. The summed E-state index contributed by atoms with van der Waals surface area (Å²) in [6.07, 6.45) is 3.42. The fraction of sp³-hybridized carbons (Fsp3) is 0.600. The van der Waals surface area contributed by atoms with E-state index < -0.39 is 0 Å². The van der Waals surface area contributed by atoms with Crippen LogP contribution in [0, 0.1) is 6.92 Å². The minimum Gasteiger partial charge on any atom is -0.387 e. The van der Waals surface area contributed by atoms with Crippen molar-refractivity contribution >= 4 is 0 Å². The number of hydrogen-bond acceptors (Lipinski definition) is 2. The van der Waals surface area contributed by atoms with Gasteiger partial charge in [0.05, 0.1) is 6.10 Å². The van der Waals surface area contributed by atoms with Crippen LogP contribution in [0.3, 0.4) is 0 Å². The molecule has 0 aliphatic carbocycles. The maximum absolute atomic E-state index is 10.3. The molecular formula is C15H23NO. The lowest BCUT2D eigenvalue weighted by Crippen LogP contribution is -2.33. The molecular weight excluding hydrogens is 210 g/mol. The van der Waals surface area contributed by atoms with E-state index in [0.29, 0.717) is 6.04 Å². The molecule has 0 amide bonds. The van der Waals surface area contributed by atoms with E-state index in [9.17, 15) is 5.11 Å². The molecule has 0 bridgehead atoms. The van der Waals surface area contributed by atoms with Crippen molar-refractivity contribution in [1.29, 1.82) is 0 Å². The first kappa shape index (κ1) is 12.6. The van der Waals surface area contributed by atoms with Gasteiger partial charge in [-0.05, 0) is 43.9 Å². The van der Waals surface area contributed by atoms with Gasteiger partial charge in [0, 0.05) is 12.6 Å². The number of likely N-dealkylation sites (tertiary alicyclic amines) is 1. The quantitative estimate of drug-likeness (QED) is 0.864. The summed E-state index contributed by atoms with van der Waals surface area (Å²) in [4.78, 5) is 2.44. The first-order valence-corrected chi connectivity index (χ1v) is 6.70. The number of nitrogens with zero attached hydrogens (tertiary/aromatic N) is 1. The molecule has 1 heterocycles. The van der Waals surface area contributed by atoms with Gasteiger partial charge >= 0.3 is 0 Å². The van der Waals surface area contributed by atoms with Crippen LogP contribution in [-0.2, 0) is 0 Å². The molecule has 0 spiro atoms. The highest BCUT2D eigenvalue weighted by molar-refractivity contribution is 5.27. The van der Waals surface area contributed by atoms with Crippen LogP contribution in [-0.4, -0.2) is 29.1 Å². The Bertz CT molecular complexity index is 364. The molecule has 2 atom stereocenters. The van der Waals surface area contributed by atoms with E-state index in [1.165, 1.54) is 24.8 Å². The van der Waals surface area contributed by atoms with Crippen molar-refractivity contribution < 1.29 is 5.11 Å². The molecule has 2 nitrogen and oxygen atoms in total. The van der Waals surface area contributed by atoms with Gasteiger partial charge in [-0.25, -0.2) is 0 Å². The van der Waals surface area contributed by atoms with Crippen LogP contribution in [0.1, 0.15) is 43.4 Å². The van der Waals surface area contributed by atoms with Crippen LogP contribution in [0.25, 0.3) is 0 Å². The predicted octanol–water partition coefficient (Wildman–Crippen LogP) is 2.90. The average Bonchev–Trinajstić information content (AvgIpc) is 2.76. The molecule has 0 aromatic heterocycles. The van der Waals surface area contributed by atoms with Crippen molar-refractivity contribution in [3.05, 3.63) is 35.4 Å². The summed E-state index contributed by atoms with van der Waals surface area (Å²) in [5.74, 6) is 0. The van der Waals surface area contributed by atoms with Gasteiger partial charge in [0.1, 0.15) is 0 Å². The highest BCUT2D eigenvalue weighted by atomic mass is 16.3. The third-order valence-electron chi connectivity index (χ3n) is 3.93. The fourth-order valence-electron chi connectivity index (χ4n) is 2.88. The van der Waals surface area contributed by atoms with Crippen LogP contribution in [0.5, 0.6) is 0 Å². The lowest BCUT2D eigenvalue weighted by Gasteiger charge is -2.26. The van der Waals surface area contributed by atoms with Gasteiger partial charge in [-0.1, -0.05) is 31.2 Å². The van der Waals surface area contributed by atoms with Crippen LogP contribution >= 0.6 is 0 Å². The predicted molar refractivity (Wildman–Crippen MR) is 71.0 cm³/mol. The second-order valence-corrected chi connectivity index (χ2v) is 5.07. The minimum atomic E-state index is -0.344. The SMILES string of the molecule is CCC1CCCN1CC(O)c1ccccc1C. The van der Waals surface area contributed by atoms with Gasteiger partial charge in [-0.15, -0.1) is 0 Å². The number of β-amino-alcohol motifs (C(OH)–C–C–N with tert-alkyl or cyclic N) is 1. The van der Waals surface area contributed by atoms with Crippen molar-refractivity contribution in [2.75, 3.05) is 13.1 Å². The Morgan fingerprint density at radius 3 is 2.88 bits per heavy atom. The summed E-state index contributed by atoms with van der Waals surface area (Å²) in [6.45, 7) is 6.23. The summed E-state index contributed by atoms with van der Waals surface area (Å²) in [5.41, 5.74) is 2.27. The van der Waals surface area contributed by atoms with Gasteiger partial charge in [0.25, 0.3) is 0 Å². The van der Waals surface area contributed by atoms with Crippen LogP contribution in [0.4, 0.5) is 0 Å². The average molecular weight is 233 g/mol. The Morgan fingerprint density at radius 1 is 1.41 bits per heavy atom. The Kier molecular flexibility index (Phi) is 4.19. The number of rotatable bonds is 4. The Balaban J connectivity index is 2.01. The highest BCUT2D eigenvalue weighted by Crippen LogP contribution is 2.24. The number of aliphatic hydroxyl groups excluding tert-OH is 1. The number of benzene rings is 1. The van der Waals surface area contributed by atoms with Gasteiger partial charge < -0.3 is 5.11 Å². The Labute approximate surface area is 104 Å². The molecule has 2 heteroatoms. The van der Waals surface area contributed by atoms with Crippen LogP contribution in [0.15, 0.2) is 24.3 Å². The topological polar surface area (TPSA) is 23.5 Å². The molecule has 94 valence electrons. The summed E-state index contributed by atoms with van der Waals surface area (Å²) in [5, 5.41) is 10.3. The molecule has 0 radical (unpaired) electrons. The highest BCUT2D eigenvalue weighted by Gasteiger charge is 2.25. The van der Waals surface area contributed by atoms with Crippen LogP contribution in [0.2, 0.25) is 0 Å². The van der Waals surface area contributed by atoms with Crippen molar-refractivity contribution in [2.45, 2.75) is 45.3 Å². The Hall–Kier alpha value is -0.860. The van der Waals surface area contributed by atoms with E-state index in [1.807, 2.05) is 18.2 Å². The molecule has 1 saturated heterocycles. The second kappa shape index (κ2) is 5.65. The monoisotopic (exact) mass is 233 g/mol. The lowest BCUT2D eigenvalue weighted by molar-refractivity contribution is 0.105. The van der Waals surface area contributed by atoms with E-state index >= 15 is 0 Å². The molecule has 1 aliphatic heterocycles. The van der Waals surface area contributed by atoms with E-state index in [4.69, 9.17) is 0 Å². The summed E-state index contributed by atoms with van der Waals surface area (Å²) in [6, 6.07) is 8.81. The van der Waals surface area contributed by atoms with E-state index in [2.05, 4.69) is 24.8 Å². The maximum atomic E-state index is 10.3. The summed E-state index contributed by atoms with van der Waals surface area (Å²) >= 11 is 0. The zero-order valence-electron chi connectivity index (χ0n) is 10.9. The molecule has 1 aromatic rings. The summed E-state index contributed by atoms with van der Waals surface area (Å²) in [7, 11) is 0. The van der Waals surface area contributed by atoms with Crippen LogP contribution < -0.4 is 0 Å². The normalized spacial score (nSPS) is 22.9. The third-order valence-corrected chi connectivity index (χ3v) is 3.93. The van der Waals surface area contributed by atoms with E-state index in [0.717, 1.165) is 18.7 Å². The molecule has 1 fully saturated rings. The zero-order chi connectivity index (χ0) is 12.3. The number of aryl methyl sites for hydroxylation is 1. The minimum absolute atomic E-state index is 0.344. The molecule has 1 aliphatic rings. The standard InChI is InChI=1S/C15H23NO/c1-3-13-8-6-10-16(13)11-15(17)14-9-5-4-7-12(14)2/h4-5,7,9,13,15,17H,3,6,8,10-11H2,1-2H3. The van der Waals surface area contributed by atoms with E-state index in [1.54, 1.807) is 0 Å². The van der Waals surface area contributed by atoms with Crippen molar-refractivity contribution in [1.82, 2.24) is 4.90 Å². The van der Waals surface area contributed by atoms with E-state index in [-0.39, 0.29) is 6.10 Å². The van der Waals surface area contributed by atoms with Gasteiger partial charge in [-0.2, -0.15) is 0 Å². The Morgan fingerprint density at radius 2 is 2.18 bits per heavy atom. The molecule has 1 N–H and O–H groups in total. The lowest BCUT2D eigenvalue weighted by atomic mass is 10.0.